The van der Waals surface area contributed by atoms with Gasteiger partial charge in [0.2, 0.25) is 0 Å². The summed E-state index contributed by atoms with van der Waals surface area (Å²) in [6.45, 7) is 5.87. The van der Waals surface area contributed by atoms with Crippen LogP contribution in [0.2, 0.25) is 0 Å². The highest BCUT2D eigenvalue weighted by Crippen LogP contribution is 2.26. The summed E-state index contributed by atoms with van der Waals surface area (Å²) >= 11 is 1.83. The van der Waals surface area contributed by atoms with Crippen molar-refractivity contribution in [1.29, 1.82) is 0 Å². The molecule has 1 saturated heterocycles. The van der Waals surface area contributed by atoms with E-state index in [0.717, 1.165) is 43.6 Å². The maximum absolute atomic E-state index is 13.0. The molecular weight excluding hydrogens is 366 g/mol. The average Bonchev–Trinajstić information content (AvgIpc) is 3.34. The summed E-state index contributed by atoms with van der Waals surface area (Å²) < 4.78 is 1.82. The number of carbonyl (C=O) groups is 1. The molecule has 2 aromatic heterocycles. The minimum atomic E-state index is 0.0558. The van der Waals surface area contributed by atoms with E-state index < -0.39 is 0 Å². The maximum Gasteiger partial charge on any atom is 0.274 e. The van der Waals surface area contributed by atoms with Gasteiger partial charge in [-0.3, -0.25) is 9.48 Å². The molecule has 3 heterocycles. The molecule has 0 radical (unpaired) electrons. The number of amides is 1. The molecule has 1 aliphatic rings. The minimum absolute atomic E-state index is 0.0558. The number of nitrogens with zero attached hydrogens (tertiary/aromatic N) is 3. The number of hydrogen-bond acceptors (Lipinski definition) is 3. The second-order valence-electron chi connectivity index (χ2n) is 7.86. The number of piperidine rings is 1. The fourth-order valence-electron chi connectivity index (χ4n) is 3.96. The van der Waals surface area contributed by atoms with Crippen LogP contribution in [-0.4, -0.2) is 33.7 Å². The summed E-state index contributed by atoms with van der Waals surface area (Å²) in [4.78, 5) is 16.4. The Morgan fingerprint density at radius 2 is 1.93 bits per heavy atom. The molecule has 0 bridgehead atoms. The van der Waals surface area contributed by atoms with Crippen LogP contribution in [0.25, 0.3) is 11.3 Å². The van der Waals surface area contributed by atoms with Crippen molar-refractivity contribution in [2.24, 2.45) is 13.0 Å². The first kappa shape index (κ1) is 18.9. The van der Waals surface area contributed by atoms with Crippen LogP contribution in [0.15, 0.2) is 41.8 Å². The normalized spacial score (nSPS) is 15.2. The van der Waals surface area contributed by atoms with E-state index in [-0.39, 0.29) is 5.91 Å². The number of benzene rings is 1. The number of carbonyl (C=O) groups excluding carboxylic acids is 1. The molecule has 1 aromatic carbocycles. The predicted octanol–water partition coefficient (Wildman–Crippen LogP) is 4.86. The Morgan fingerprint density at radius 3 is 2.61 bits per heavy atom. The average molecular weight is 394 g/mol. The van der Waals surface area contributed by atoms with Crippen LogP contribution >= 0.6 is 11.3 Å². The minimum Gasteiger partial charge on any atom is -0.337 e. The van der Waals surface area contributed by atoms with Gasteiger partial charge in [0, 0.05) is 30.6 Å². The summed E-state index contributed by atoms with van der Waals surface area (Å²) in [5.41, 5.74) is 5.16. The van der Waals surface area contributed by atoms with Crippen molar-refractivity contribution < 1.29 is 4.79 Å². The number of thiophene rings is 1. The summed E-state index contributed by atoms with van der Waals surface area (Å²) in [5, 5.41) is 6.66. The van der Waals surface area contributed by atoms with Gasteiger partial charge in [-0.2, -0.15) is 5.10 Å². The summed E-state index contributed by atoms with van der Waals surface area (Å²) in [7, 11) is 1.91. The van der Waals surface area contributed by atoms with Gasteiger partial charge in [0.1, 0.15) is 0 Å². The second kappa shape index (κ2) is 7.92. The number of aromatic nitrogens is 2. The molecule has 0 unspecified atom stereocenters. The molecule has 4 rings (SSSR count). The first-order valence-electron chi connectivity index (χ1n) is 9.94. The van der Waals surface area contributed by atoms with Crippen LogP contribution in [-0.2, 0) is 13.5 Å². The molecule has 0 N–H and O–H groups in total. The van der Waals surface area contributed by atoms with Crippen LogP contribution in [0.5, 0.6) is 0 Å². The zero-order chi connectivity index (χ0) is 19.7. The lowest BCUT2D eigenvalue weighted by atomic mass is 9.93. The standard InChI is InChI=1S/C23H27N3OS/c1-16-6-7-19(13-17(16)2)22-15-21(24-25(22)3)23(27)26-10-8-18(9-11-26)14-20-5-4-12-28-20/h4-7,12-13,15,18H,8-11,14H2,1-3H3. The lowest BCUT2D eigenvalue weighted by Crippen LogP contribution is -2.39. The smallest absolute Gasteiger partial charge is 0.274 e. The molecule has 1 aliphatic heterocycles. The maximum atomic E-state index is 13.0. The Labute approximate surface area is 170 Å². The van der Waals surface area contributed by atoms with E-state index in [1.165, 1.54) is 16.0 Å². The van der Waals surface area contributed by atoms with Crippen LogP contribution in [0.4, 0.5) is 0 Å². The van der Waals surface area contributed by atoms with E-state index in [1.807, 2.05) is 34.0 Å². The van der Waals surface area contributed by atoms with Crippen molar-refractivity contribution in [3.63, 3.8) is 0 Å². The molecular formula is C23H27N3OS. The molecule has 4 nitrogen and oxygen atoms in total. The SMILES string of the molecule is Cc1ccc(-c2cc(C(=O)N3CCC(Cc4cccs4)CC3)nn2C)cc1C. The van der Waals surface area contributed by atoms with Gasteiger partial charge < -0.3 is 4.90 Å². The van der Waals surface area contributed by atoms with Crippen molar-refractivity contribution in [1.82, 2.24) is 14.7 Å². The molecule has 146 valence electrons. The molecule has 0 atom stereocenters. The predicted molar refractivity (Wildman–Crippen MR) is 115 cm³/mol. The molecule has 3 aromatic rings. The van der Waals surface area contributed by atoms with E-state index in [2.05, 4.69) is 54.7 Å². The van der Waals surface area contributed by atoms with Gasteiger partial charge in [-0.05, 0) is 73.7 Å². The van der Waals surface area contributed by atoms with Crippen molar-refractivity contribution in [2.45, 2.75) is 33.1 Å². The van der Waals surface area contributed by atoms with Crippen molar-refractivity contribution in [2.75, 3.05) is 13.1 Å². The number of hydrogen-bond donors (Lipinski definition) is 0. The van der Waals surface area contributed by atoms with Gasteiger partial charge >= 0.3 is 0 Å². The topological polar surface area (TPSA) is 38.1 Å². The van der Waals surface area contributed by atoms with E-state index in [1.54, 1.807) is 0 Å². The Kier molecular flexibility index (Phi) is 5.36. The van der Waals surface area contributed by atoms with Crippen molar-refractivity contribution >= 4 is 17.2 Å². The van der Waals surface area contributed by atoms with Crippen LogP contribution in [0, 0.1) is 19.8 Å². The number of rotatable bonds is 4. The monoisotopic (exact) mass is 393 g/mol. The zero-order valence-electron chi connectivity index (χ0n) is 16.8. The molecule has 28 heavy (non-hydrogen) atoms. The Hall–Kier alpha value is -2.40. The second-order valence-corrected chi connectivity index (χ2v) is 8.89. The van der Waals surface area contributed by atoms with E-state index in [0.29, 0.717) is 11.6 Å². The highest BCUT2D eigenvalue weighted by molar-refractivity contribution is 7.09. The third-order valence-corrected chi connectivity index (χ3v) is 6.77. The van der Waals surface area contributed by atoms with Gasteiger partial charge in [0.05, 0.1) is 5.69 Å². The molecule has 0 spiro atoms. The molecule has 5 heteroatoms. The summed E-state index contributed by atoms with van der Waals surface area (Å²) in [6.07, 6.45) is 3.28. The van der Waals surface area contributed by atoms with Gasteiger partial charge in [-0.15, -0.1) is 11.3 Å². The van der Waals surface area contributed by atoms with Crippen LogP contribution < -0.4 is 0 Å². The fraction of sp³-hybridized carbons (Fsp3) is 0.391. The van der Waals surface area contributed by atoms with Crippen molar-refractivity contribution in [3.8, 4) is 11.3 Å². The van der Waals surface area contributed by atoms with Gasteiger partial charge in [0.15, 0.2) is 5.69 Å². The van der Waals surface area contributed by atoms with E-state index in [9.17, 15) is 4.79 Å². The lowest BCUT2D eigenvalue weighted by molar-refractivity contribution is 0.0684. The molecule has 0 saturated carbocycles. The highest BCUT2D eigenvalue weighted by atomic mass is 32.1. The Morgan fingerprint density at radius 1 is 1.14 bits per heavy atom. The first-order valence-corrected chi connectivity index (χ1v) is 10.8. The van der Waals surface area contributed by atoms with Gasteiger partial charge in [0.25, 0.3) is 5.91 Å². The summed E-state index contributed by atoms with van der Waals surface area (Å²) in [5.74, 6) is 0.734. The van der Waals surface area contributed by atoms with Crippen molar-refractivity contribution in [3.05, 3.63) is 63.5 Å². The largest absolute Gasteiger partial charge is 0.337 e. The number of likely N-dealkylation sites (tertiary alicyclic amines) is 1. The van der Waals surface area contributed by atoms with Gasteiger partial charge in [-0.1, -0.05) is 18.2 Å². The highest BCUT2D eigenvalue weighted by Gasteiger charge is 2.26. The molecule has 1 amide bonds. The van der Waals surface area contributed by atoms with Crippen LogP contribution in [0.1, 0.15) is 39.3 Å². The third-order valence-electron chi connectivity index (χ3n) is 5.87. The van der Waals surface area contributed by atoms with E-state index in [4.69, 9.17) is 0 Å². The van der Waals surface area contributed by atoms with Gasteiger partial charge in [-0.25, -0.2) is 0 Å². The Bertz CT molecular complexity index is 966. The third kappa shape index (κ3) is 3.90. The van der Waals surface area contributed by atoms with Crippen LogP contribution in [0.3, 0.4) is 0 Å². The Balaban J connectivity index is 1.43. The fourth-order valence-corrected chi connectivity index (χ4v) is 4.78. The molecule has 0 aliphatic carbocycles. The first-order chi connectivity index (χ1) is 13.5. The number of aryl methyl sites for hydroxylation is 3. The quantitative estimate of drug-likeness (QED) is 0.635. The zero-order valence-corrected chi connectivity index (χ0v) is 17.6. The summed E-state index contributed by atoms with van der Waals surface area (Å²) in [6, 6.07) is 12.7. The lowest BCUT2D eigenvalue weighted by Gasteiger charge is -2.31. The van der Waals surface area contributed by atoms with E-state index >= 15 is 0 Å². The molecule has 1 fully saturated rings.